The van der Waals surface area contributed by atoms with E-state index in [9.17, 15) is 9.90 Å². The molecule has 2 saturated heterocycles. The van der Waals surface area contributed by atoms with Crippen LogP contribution in [0.15, 0.2) is 140 Å². The zero-order chi connectivity index (χ0) is 48.1. The van der Waals surface area contributed by atoms with Crippen LogP contribution in [-0.2, 0) is 34.1 Å². The number of rotatable bonds is 13. The molecule has 5 aromatic rings. The number of hydrogen-bond donors (Lipinski definition) is 3. The fourth-order valence-corrected chi connectivity index (χ4v) is 9.87. The van der Waals surface area contributed by atoms with Gasteiger partial charge in [-0.1, -0.05) is 111 Å². The maximum Gasteiger partial charge on any atom is 0.329 e. The van der Waals surface area contributed by atoms with Crippen LogP contribution in [0.25, 0.3) is 0 Å². The summed E-state index contributed by atoms with van der Waals surface area (Å²) in [5, 5.41) is 15.7. The van der Waals surface area contributed by atoms with Crippen molar-refractivity contribution < 1.29 is 48.0 Å². The molecule has 0 saturated carbocycles. The average molecular weight is 917 g/mol. The molecular weight excluding hydrogens is 865 g/mol. The van der Waals surface area contributed by atoms with Gasteiger partial charge in [0.05, 0.1) is 44.5 Å². The second-order valence-electron chi connectivity index (χ2n) is 17.0. The second kappa shape index (κ2) is 20.0. The molecule has 4 amide bonds. The largest absolute Gasteiger partial charge is 0.497 e. The number of amides is 4. The molecule has 14 nitrogen and oxygen atoms in total. The van der Waals surface area contributed by atoms with E-state index in [0.717, 1.165) is 4.90 Å². The van der Waals surface area contributed by atoms with Crippen molar-refractivity contribution in [2.24, 2.45) is 11.8 Å². The molecule has 2 fully saturated rings. The van der Waals surface area contributed by atoms with Crippen molar-refractivity contribution in [3.8, 4) is 23.3 Å². The summed E-state index contributed by atoms with van der Waals surface area (Å²) in [4.78, 5) is 78.3. The molecule has 3 N–H and O–H groups in total. The highest BCUT2D eigenvalue weighted by atomic mass is 16.6. The van der Waals surface area contributed by atoms with Crippen molar-refractivity contribution >= 4 is 35.5 Å². The molecule has 3 aliphatic rings. The molecule has 7 unspecified atom stereocenters. The number of esters is 2. The first-order chi connectivity index (χ1) is 33.0. The maximum absolute atomic E-state index is 16.6. The zero-order valence-electron chi connectivity index (χ0n) is 38.1. The van der Waals surface area contributed by atoms with E-state index in [1.54, 1.807) is 87.7 Å². The zero-order valence-corrected chi connectivity index (χ0v) is 38.1. The summed E-state index contributed by atoms with van der Waals surface area (Å²) in [6.07, 6.45) is 0.520. The van der Waals surface area contributed by atoms with Crippen molar-refractivity contribution in [1.82, 2.24) is 15.5 Å². The van der Waals surface area contributed by atoms with Crippen molar-refractivity contribution in [1.29, 1.82) is 0 Å². The third kappa shape index (κ3) is 8.35. The minimum atomic E-state index is -2.14. The summed E-state index contributed by atoms with van der Waals surface area (Å²) in [7, 11) is 2.77. The van der Waals surface area contributed by atoms with Gasteiger partial charge in [-0.3, -0.25) is 19.3 Å². The number of nitrogens with zero attached hydrogens (tertiary/aromatic N) is 2. The Morgan fingerprint density at radius 2 is 1.50 bits per heavy atom. The maximum atomic E-state index is 16.6. The Morgan fingerprint density at radius 3 is 2.15 bits per heavy atom. The molecule has 3 heterocycles. The fourth-order valence-electron chi connectivity index (χ4n) is 9.87. The number of para-hydroxylation sites is 1. The number of hydrogen-bond acceptors (Lipinski definition) is 11. The average Bonchev–Trinajstić information content (AvgIpc) is 3.82. The Kier molecular flexibility index (Phi) is 13.8. The van der Waals surface area contributed by atoms with Gasteiger partial charge in [-0.2, -0.15) is 0 Å². The van der Waals surface area contributed by atoms with Crippen LogP contribution >= 0.6 is 0 Å². The van der Waals surface area contributed by atoms with Crippen LogP contribution in [0.5, 0.6) is 11.5 Å². The van der Waals surface area contributed by atoms with Crippen LogP contribution in [0.1, 0.15) is 65.4 Å². The van der Waals surface area contributed by atoms with Crippen molar-refractivity contribution in [2.45, 2.75) is 49.5 Å². The Labute approximate surface area is 394 Å². The lowest BCUT2D eigenvalue weighted by atomic mass is 9.65. The van der Waals surface area contributed by atoms with Gasteiger partial charge >= 0.3 is 18.0 Å². The molecule has 348 valence electrons. The predicted octanol–water partition coefficient (Wildman–Crippen LogP) is 6.34. The number of urea groups is 1. The Bertz CT molecular complexity index is 2770. The summed E-state index contributed by atoms with van der Waals surface area (Å²) in [5.74, 6) is 2.18. The van der Waals surface area contributed by atoms with Crippen LogP contribution in [-0.4, -0.2) is 85.9 Å². The van der Waals surface area contributed by atoms with Gasteiger partial charge in [0.25, 0.3) is 0 Å². The number of methoxy groups -OCH3 is 2. The minimum Gasteiger partial charge on any atom is -0.497 e. The Balaban J connectivity index is 1.47. The van der Waals surface area contributed by atoms with E-state index < -0.39 is 77.3 Å². The van der Waals surface area contributed by atoms with Crippen molar-refractivity contribution in [3.05, 3.63) is 173 Å². The SMILES string of the molecule is C=CCNC(=O)C1C2C(=O)OC(c3ccccc3)C(c3ccccc3)N2C(c2ccccc2OCCO)C12C(=O)N(C(=O)NC(C(=O)OC)C(C)C)c1ccc(C#Cc3ccc(OC)cc3)cc12. The predicted molar refractivity (Wildman–Crippen MR) is 252 cm³/mol. The highest BCUT2D eigenvalue weighted by molar-refractivity contribution is 6.25. The lowest BCUT2D eigenvalue weighted by molar-refractivity contribution is -0.178. The van der Waals surface area contributed by atoms with E-state index in [-0.39, 0.29) is 36.8 Å². The fraction of sp³-hybridized carbons (Fsp3) is 0.278. The molecule has 0 aromatic heterocycles. The molecule has 14 heteroatoms. The number of anilines is 1. The number of carbonyl (C=O) groups excluding carboxylic acids is 5. The number of benzene rings is 5. The lowest BCUT2D eigenvalue weighted by Crippen LogP contribution is -2.57. The van der Waals surface area contributed by atoms with Crippen LogP contribution < -0.4 is 25.0 Å². The van der Waals surface area contributed by atoms with Gasteiger partial charge in [-0.05, 0) is 71.1 Å². The number of fused-ring (bicyclic) bond motifs is 3. The van der Waals surface area contributed by atoms with Gasteiger partial charge in [-0.15, -0.1) is 6.58 Å². The number of nitrogens with one attached hydrogen (secondary N) is 2. The van der Waals surface area contributed by atoms with Crippen molar-refractivity contribution in [2.75, 3.05) is 38.9 Å². The standard InChI is InChI=1S/C54H52N4O10/c1-6-29-55-49(60)43-46-51(62)68-47(37-17-11-8-12-18-37)45(36-15-9-7-10-16-36)58(46)48(39-19-13-14-20-42(39)67-31-30-59)54(43)40-32-35(22-21-34-23-26-38(65-4)27-24-34)25-28-41(40)57(52(54)63)53(64)56-44(33(2)3)50(61)66-5/h6-20,23-28,32-33,43-48,59H,1,29-31H2,2-5H3,(H,55,60)(H,56,64). The first-order valence-corrected chi connectivity index (χ1v) is 22.3. The van der Waals surface area contributed by atoms with E-state index in [2.05, 4.69) is 29.1 Å². The van der Waals surface area contributed by atoms with Crippen LogP contribution in [0.3, 0.4) is 0 Å². The molecular formula is C54H52N4O10. The minimum absolute atomic E-state index is 0.0311. The van der Waals surface area contributed by atoms with E-state index >= 15 is 19.2 Å². The summed E-state index contributed by atoms with van der Waals surface area (Å²) >= 11 is 0. The molecule has 3 aliphatic heterocycles. The topological polar surface area (TPSA) is 173 Å². The molecule has 0 radical (unpaired) electrons. The molecule has 0 bridgehead atoms. The molecule has 8 rings (SSSR count). The molecule has 1 spiro atoms. The first-order valence-electron chi connectivity index (χ1n) is 22.3. The molecule has 68 heavy (non-hydrogen) atoms. The van der Waals surface area contributed by atoms with E-state index in [0.29, 0.717) is 33.6 Å². The molecule has 5 aromatic carbocycles. The molecule has 7 atom stereocenters. The van der Waals surface area contributed by atoms with Gasteiger partial charge in [0.1, 0.15) is 41.7 Å². The number of aliphatic hydroxyl groups is 1. The lowest BCUT2D eigenvalue weighted by Gasteiger charge is -2.46. The Hall–Kier alpha value is -7.73. The van der Waals surface area contributed by atoms with Crippen LogP contribution in [0, 0.1) is 23.7 Å². The van der Waals surface area contributed by atoms with Gasteiger partial charge in [-0.25, -0.2) is 14.5 Å². The number of imide groups is 1. The van der Waals surface area contributed by atoms with Gasteiger partial charge in [0.2, 0.25) is 11.8 Å². The summed E-state index contributed by atoms with van der Waals surface area (Å²) < 4.78 is 23.2. The molecule has 0 aliphatic carbocycles. The number of morpholine rings is 1. The number of ether oxygens (including phenoxy) is 4. The summed E-state index contributed by atoms with van der Waals surface area (Å²) in [6, 6.07) is 31.9. The smallest absolute Gasteiger partial charge is 0.329 e. The highest BCUT2D eigenvalue weighted by Crippen LogP contribution is 2.66. The van der Waals surface area contributed by atoms with Gasteiger partial charge < -0.3 is 34.7 Å². The van der Waals surface area contributed by atoms with E-state index in [4.69, 9.17) is 18.9 Å². The third-order valence-electron chi connectivity index (χ3n) is 12.8. The quantitative estimate of drug-likeness (QED) is 0.0684. The Morgan fingerprint density at radius 1 is 0.853 bits per heavy atom. The van der Waals surface area contributed by atoms with Gasteiger partial charge in [0, 0.05) is 23.2 Å². The monoisotopic (exact) mass is 916 g/mol. The summed E-state index contributed by atoms with van der Waals surface area (Å²) in [6.45, 7) is 6.76. The van der Waals surface area contributed by atoms with E-state index in [1.807, 2.05) is 65.6 Å². The normalized spacial score (nSPS) is 22.0. The van der Waals surface area contributed by atoms with Crippen LogP contribution in [0.4, 0.5) is 10.5 Å². The first kappa shape index (κ1) is 46.8. The van der Waals surface area contributed by atoms with Gasteiger partial charge in [0.15, 0.2) is 0 Å². The van der Waals surface area contributed by atoms with Crippen molar-refractivity contribution in [3.63, 3.8) is 0 Å². The second-order valence-corrected chi connectivity index (χ2v) is 17.0. The number of cyclic esters (lactones) is 1. The third-order valence-corrected chi connectivity index (χ3v) is 12.8. The van der Waals surface area contributed by atoms with E-state index in [1.165, 1.54) is 13.2 Å². The number of carbonyl (C=O) groups is 5. The number of aliphatic hydroxyl groups excluding tert-OH is 1. The summed E-state index contributed by atoms with van der Waals surface area (Å²) in [5.41, 5.74) is 0.997. The highest BCUT2D eigenvalue weighted by Gasteiger charge is 2.76. The van der Waals surface area contributed by atoms with Crippen LogP contribution in [0.2, 0.25) is 0 Å².